The van der Waals surface area contributed by atoms with Gasteiger partial charge in [0.1, 0.15) is 5.75 Å². The van der Waals surface area contributed by atoms with Crippen molar-refractivity contribution >= 4 is 19.8 Å². The minimum Gasteiger partial charge on any atom is -0.494 e. The second-order valence-electron chi connectivity index (χ2n) is 6.41. The molecule has 0 saturated heterocycles. The molecule has 0 atom stereocenters. The Hall–Kier alpha value is -2.65. The van der Waals surface area contributed by atoms with Gasteiger partial charge >= 0.3 is 0 Å². The second-order valence-corrected chi connectivity index (χ2v) is 8.95. The highest BCUT2D eigenvalue weighted by Crippen LogP contribution is 2.21. The summed E-state index contributed by atoms with van der Waals surface area (Å²) >= 11 is 0. The lowest BCUT2D eigenvalue weighted by Crippen LogP contribution is -2.29. The van der Waals surface area contributed by atoms with Crippen LogP contribution in [0.25, 0.3) is 11.1 Å². The molecule has 0 spiro atoms. The smallest absolute Gasteiger partial charge is 0.192 e. The first-order valence-corrected chi connectivity index (χ1v) is 11.4. The predicted molar refractivity (Wildman–Crippen MR) is 110 cm³/mol. The van der Waals surface area contributed by atoms with Crippen molar-refractivity contribution in [1.82, 2.24) is 0 Å². The van der Waals surface area contributed by atoms with E-state index in [4.69, 9.17) is 4.74 Å². The molecule has 26 heavy (non-hydrogen) atoms. The highest BCUT2D eigenvalue weighted by atomic mass is 28.3. The first-order valence-electron chi connectivity index (χ1n) is 8.87. The molecule has 0 N–H and O–H groups in total. The third kappa shape index (κ3) is 3.94. The quantitative estimate of drug-likeness (QED) is 0.460. The van der Waals surface area contributed by atoms with Gasteiger partial charge in [-0.2, -0.15) is 0 Å². The molecule has 1 radical (unpaired) electrons. The molecule has 0 saturated carbocycles. The van der Waals surface area contributed by atoms with E-state index in [1.54, 1.807) is 0 Å². The molecule has 0 fully saturated rings. The van der Waals surface area contributed by atoms with Crippen molar-refractivity contribution < 1.29 is 9.53 Å². The van der Waals surface area contributed by atoms with E-state index in [1.807, 2.05) is 67.6 Å². The molecule has 3 heteroatoms. The van der Waals surface area contributed by atoms with Gasteiger partial charge in [-0.15, -0.1) is 0 Å². The summed E-state index contributed by atoms with van der Waals surface area (Å²) in [7, 11) is -0.785. The third-order valence-electron chi connectivity index (χ3n) is 4.34. The minimum atomic E-state index is -0.785. The number of carbonyl (C=O) groups excluding carboxylic acids is 1. The van der Waals surface area contributed by atoms with Crippen molar-refractivity contribution in [2.75, 3.05) is 6.61 Å². The van der Waals surface area contributed by atoms with Crippen molar-refractivity contribution in [3.8, 4) is 16.9 Å². The van der Waals surface area contributed by atoms with E-state index in [9.17, 15) is 4.79 Å². The van der Waals surface area contributed by atoms with E-state index >= 15 is 0 Å². The molecule has 0 heterocycles. The largest absolute Gasteiger partial charge is 0.494 e. The SMILES string of the molecule is CCOc1ccc(C(=O)c2ccc(-c3ccccc3)cc2)c([Si](C)C)c1. The molecule has 2 nitrogen and oxygen atoms in total. The van der Waals surface area contributed by atoms with E-state index in [0.29, 0.717) is 6.61 Å². The van der Waals surface area contributed by atoms with Gasteiger partial charge in [0.15, 0.2) is 5.78 Å². The van der Waals surface area contributed by atoms with Gasteiger partial charge in [0.2, 0.25) is 0 Å². The molecule has 3 aromatic carbocycles. The summed E-state index contributed by atoms with van der Waals surface area (Å²) in [5, 5.41) is 1.12. The van der Waals surface area contributed by atoms with Crippen LogP contribution in [0.4, 0.5) is 0 Å². The molecule has 3 aromatic rings. The van der Waals surface area contributed by atoms with Gasteiger partial charge in [-0.3, -0.25) is 4.79 Å². The van der Waals surface area contributed by atoms with Crippen LogP contribution in [-0.4, -0.2) is 21.2 Å². The van der Waals surface area contributed by atoms with Crippen LogP contribution >= 0.6 is 0 Å². The molecule has 131 valence electrons. The summed E-state index contributed by atoms with van der Waals surface area (Å²) in [6, 6.07) is 23.9. The first-order chi connectivity index (χ1) is 12.6. The molecule has 0 bridgehead atoms. The Morgan fingerprint density at radius 3 is 2.15 bits per heavy atom. The third-order valence-corrected chi connectivity index (χ3v) is 5.83. The van der Waals surface area contributed by atoms with Crippen LogP contribution in [0.5, 0.6) is 5.75 Å². The Labute approximate surface area is 157 Å². The highest BCUT2D eigenvalue weighted by molar-refractivity contribution is 6.72. The summed E-state index contributed by atoms with van der Waals surface area (Å²) in [5.74, 6) is 0.915. The molecule has 0 aromatic heterocycles. The zero-order valence-electron chi connectivity index (χ0n) is 15.5. The average Bonchev–Trinajstić information content (AvgIpc) is 2.68. The van der Waals surface area contributed by atoms with Crippen LogP contribution in [0, 0.1) is 0 Å². The van der Waals surface area contributed by atoms with Gasteiger partial charge in [0.05, 0.1) is 15.4 Å². The number of benzene rings is 3. The van der Waals surface area contributed by atoms with Crippen molar-refractivity contribution in [1.29, 1.82) is 0 Å². The summed E-state index contributed by atoms with van der Waals surface area (Å²) in [5.41, 5.74) is 3.78. The first kappa shape index (κ1) is 18.1. The molecule has 0 aliphatic rings. The zero-order chi connectivity index (χ0) is 18.5. The van der Waals surface area contributed by atoms with Gasteiger partial charge < -0.3 is 4.74 Å². The topological polar surface area (TPSA) is 26.3 Å². The van der Waals surface area contributed by atoms with Crippen LogP contribution in [0.1, 0.15) is 22.8 Å². The molecule has 0 aliphatic heterocycles. The lowest BCUT2D eigenvalue weighted by atomic mass is 9.99. The van der Waals surface area contributed by atoms with Gasteiger partial charge in [0, 0.05) is 11.1 Å². The van der Waals surface area contributed by atoms with Crippen LogP contribution in [0.15, 0.2) is 72.8 Å². The number of carbonyl (C=O) groups is 1. The zero-order valence-corrected chi connectivity index (χ0v) is 16.5. The summed E-state index contributed by atoms with van der Waals surface area (Å²) in [6.45, 7) is 7.00. The summed E-state index contributed by atoms with van der Waals surface area (Å²) < 4.78 is 5.61. The Bertz CT molecular complexity index is 884. The molecule has 0 amide bonds. The maximum atomic E-state index is 13.1. The lowest BCUT2D eigenvalue weighted by molar-refractivity contribution is 0.103. The fraction of sp³-hybridized carbons (Fsp3) is 0.174. The van der Waals surface area contributed by atoms with Crippen LogP contribution in [0.2, 0.25) is 13.1 Å². The predicted octanol–water partition coefficient (Wildman–Crippen LogP) is 4.94. The maximum absolute atomic E-state index is 13.1. The van der Waals surface area contributed by atoms with E-state index < -0.39 is 8.80 Å². The van der Waals surface area contributed by atoms with Gasteiger partial charge in [-0.05, 0) is 41.4 Å². The van der Waals surface area contributed by atoms with Crippen LogP contribution < -0.4 is 9.92 Å². The molecule has 0 unspecified atom stereocenters. The fourth-order valence-corrected chi connectivity index (χ4v) is 4.16. The number of hydrogen-bond donors (Lipinski definition) is 0. The lowest BCUT2D eigenvalue weighted by Gasteiger charge is -2.14. The Balaban J connectivity index is 1.92. The van der Waals surface area contributed by atoms with E-state index in [0.717, 1.165) is 33.2 Å². The van der Waals surface area contributed by atoms with Gasteiger partial charge in [-0.25, -0.2) is 0 Å². The Morgan fingerprint density at radius 1 is 0.885 bits per heavy atom. The van der Waals surface area contributed by atoms with Gasteiger partial charge in [0.25, 0.3) is 0 Å². The normalized spacial score (nSPS) is 10.8. The number of ether oxygens (including phenoxy) is 1. The van der Waals surface area contributed by atoms with Crippen LogP contribution in [-0.2, 0) is 0 Å². The summed E-state index contributed by atoms with van der Waals surface area (Å²) in [6.07, 6.45) is 0. The molecule has 0 aliphatic carbocycles. The minimum absolute atomic E-state index is 0.0776. The number of rotatable bonds is 6. The van der Waals surface area contributed by atoms with E-state index in [-0.39, 0.29) is 5.78 Å². The van der Waals surface area contributed by atoms with Crippen molar-refractivity contribution in [3.63, 3.8) is 0 Å². The van der Waals surface area contributed by atoms with E-state index in [2.05, 4.69) is 25.2 Å². The monoisotopic (exact) mass is 359 g/mol. The highest BCUT2D eigenvalue weighted by Gasteiger charge is 2.17. The Morgan fingerprint density at radius 2 is 1.54 bits per heavy atom. The molecular formula is C23H23O2Si. The average molecular weight is 360 g/mol. The number of hydrogen-bond acceptors (Lipinski definition) is 2. The number of ketones is 1. The molecular weight excluding hydrogens is 336 g/mol. The standard InChI is InChI=1S/C23H23O2Si/c1-4-25-20-14-15-21(22(16-20)26(2)3)23(24)19-12-10-18(11-13-19)17-8-6-5-7-9-17/h5-16H,4H2,1-3H3. The van der Waals surface area contributed by atoms with Crippen molar-refractivity contribution in [3.05, 3.63) is 83.9 Å². The van der Waals surface area contributed by atoms with E-state index in [1.165, 1.54) is 0 Å². The van der Waals surface area contributed by atoms with Gasteiger partial charge in [-0.1, -0.05) is 67.7 Å². The maximum Gasteiger partial charge on any atom is 0.192 e. The van der Waals surface area contributed by atoms with Crippen LogP contribution in [0.3, 0.4) is 0 Å². The van der Waals surface area contributed by atoms with Crippen molar-refractivity contribution in [2.45, 2.75) is 20.0 Å². The second kappa shape index (κ2) is 8.15. The Kier molecular flexibility index (Phi) is 5.69. The fourth-order valence-electron chi connectivity index (χ4n) is 2.99. The summed E-state index contributed by atoms with van der Waals surface area (Å²) in [4.78, 5) is 13.1. The molecule has 3 rings (SSSR count). The van der Waals surface area contributed by atoms with Crippen molar-refractivity contribution in [2.24, 2.45) is 0 Å².